The van der Waals surface area contributed by atoms with Crippen molar-refractivity contribution in [2.45, 2.75) is 131 Å². The fourth-order valence-electron chi connectivity index (χ4n) is 11.8. The molecule has 226 valence electrons. The summed E-state index contributed by atoms with van der Waals surface area (Å²) >= 11 is 0. The molecule has 0 radical (unpaired) electrons. The predicted octanol–water partition coefficient (Wildman–Crippen LogP) is 8.16. The molecule has 0 aromatic carbocycles. The minimum atomic E-state index is -0.689. The number of nitrogens with one attached hydrogen (secondary N) is 1. The number of hydrogen-bond donors (Lipinski definition) is 3. The van der Waals surface area contributed by atoms with E-state index in [9.17, 15) is 15.0 Å². The first-order valence-corrected chi connectivity index (χ1v) is 16.9. The number of rotatable bonds is 9. The molecule has 5 aliphatic rings. The minimum absolute atomic E-state index is 0.231. The van der Waals surface area contributed by atoms with Crippen LogP contribution in [0.5, 0.6) is 0 Å². The molecule has 0 aliphatic heterocycles. The number of carboxylic acid groups (broad SMARTS) is 1. The van der Waals surface area contributed by atoms with Crippen LogP contribution in [0.3, 0.4) is 0 Å². The first-order chi connectivity index (χ1) is 19.0. The van der Waals surface area contributed by atoms with E-state index in [1.165, 1.54) is 68.9 Å². The van der Waals surface area contributed by atoms with Crippen molar-refractivity contribution in [2.24, 2.45) is 51.8 Å². The lowest BCUT2D eigenvalue weighted by molar-refractivity contribution is -0.212. The molecule has 40 heavy (non-hydrogen) atoms. The molecule has 0 heterocycles. The van der Waals surface area contributed by atoms with E-state index in [-0.39, 0.29) is 13.0 Å². The summed E-state index contributed by atoms with van der Waals surface area (Å²) in [7, 11) is 0. The summed E-state index contributed by atoms with van der Waals surface area (Å²) in [5.41, 5.74) is 4.17. The van der Waals surface area contributed by atoms with Gasteiger partial charge >= 0.3 is 5.97 Å². The van der Waals surface area contributed by atoms with Gasteiger partial charge in [-0.3, -0.25) is 4.79 Å². The Morgan fingerprint density at radius 2 is 1.80 bits per heavy atom. The zero-order valence-corrected chi connectivity index (χ0v) is 26.5. The third kappa shape index (κ3) is 4.66. The highest BCUT2D eigenvalue weighted by atomic mass is 16.4. The summed E-state index contributed by atoms with van der Waals surface area (Å²) in [6, 6.07) is 0. The lowest BCUT2D eigenvalue weighted by Crippen LogP contribution is -2.67. The van der Waals surface area contributed by atoms with Gasteiger partial charge in [-0.05, 0) is 134 Å². The molecule has 4 nitrogen and oxygen atoms in total. The SMILES string of the molecule is CC/C=C(\CCC(=O)O)C1=CCC2(C)C(CCC3(C)C2CCC2[C@H]4CCCC4(NCC(C)CO)CC[C@]23C)C1C. The molecule has 0 amide bonds. The summed E-state index contributed by atoms with van der Waals surface area (Å²) in [5.74, 6) is 3.19. The van der Waals surface area contributed by atoms with Crippen LogP contribution in [0.2, 0.25) is 0 Å². The van der Waals surface area contributed by atoms with Crippen LogP contribution in [-0.2, 0) is 4.79 Å². The van der Waals surface area contributed by atoms with Crippen molar-refractivity contribution >= 4 is 5.97 Å². The summed E-state index contributed by atoms with van der Waals surface area (Å²) in [4.78, 5) is 11.4. The molecule has 5 aliphatic carbocycles. The second-order valence-electron chi connectivity index (χ2n) is 15.7. The number of aliphatic hydroxyl groups excluding tert-OH is 1. The van der Waals surface area contributed by atoms with E-state index < -0.39 is 5.97 Å². The normalized spacial score (nSPS) is 45.5. The minimum Gasteiger partial charge on any atom is -0.481 e. The van der Waals surface area contributed by atoms with Gasteiger partial charge in [-0.15, -0.1) is 0 Å². The van der Waals surface area contributed by atoms with Gasteiger partial charge < -0.3 is 15.5 Å². The fourth-order valence-corrected chi connectivity index (χ4v) is 11.8. The molecular weight excluding hydrogens is 494 g/mol. The first-order valence-electron chi connectivity index (χ1n) is 16.9. The highest BCUT2D eigenvalue weighted by Crippen LogP contribution is 2.75. The van der Waals surface area contributed by atoms with Gasteiger partial charge in [-0.25, -0.2) is 0 Å². The van der Waals surface area contributed by atoms with Crippen LogP contribution in [0, 0.1) is 51.8 Å². The summed E-state index contributed by atoms with van der Waals surface area (Å²) in [6.07, 6.45) is 20.0. The van der Waals surface area contributed by atoms with E-state index in [1.54, 1.807) is 0 Å². The number of hydrogen-bond acceptors (Lipinski definition) is 3. The molecule has 0 bridgehead atoms. The Hall–Kier alpha value is -1.13. The molecule has 4 saturated carbocycles. The maximum absolute atomic E-state index is 11.4. The van der Waals surface area contributed by atoms with Crippen LogP contribution in [0.25, 0.3) is 0 Å². The number of carbonyl (C=O) groups is 1. The predicted molar refractivity (Wildman–Crippen MR) is 164 cm³/mol. The molecule has 5 rings (SSSR count). The quantitative estimate of drug-likeness (QED) is 0.269. The lowest BCUT2D eigenvalue weighted by atomic mass is 9.34. The molecular formula is C36H59NO3. The zero-order chi connectivity index (χ0) is 28.9. The Kier molecular flexibility index (Phi) is 8.47. The highest BCUT2D eigenvalue weighted by molar-refractivity contribution is 5.67. The molecule has 0 spiro atoms. The molecule has 10 atom stereocenters. The molecule has 0 aromatic heterocycles. The molecule has 0 aromatic rings. The molecule has 4 fully saturated rings. The van der Waals surface area contributed by atoms with Crippen molar-refractivity contribution in [3.05, 3.63) is 23.3 Å². The van der Waals surface area contributed by atoms with Crippen LogP contribution in [0.4, 0.5) is 0 Å². The van der Waals surface area contributed by atoms with Gasteiger partial charge in [0, 0.05) is 25.1 Å². The van der Waals surface area contributed by atoms with Gasteiger partial charge in [0.15, 0.2) is 0 Å². The monoisotopic (exact) mass is 553 g/mol. The van der Waals surface area contributed by atoms with Crippen molar-refractivity contribution in [3.63, 3.8) is 0 Å². The molecule has 3 N–H and O–H groups in total. The smallest absolute Gasteiger partial charge is 0.303 e. The maximum Gasteiger partial charge on any atom is 0.303 e. The fraction of sp³-hybridized carbons (Fsp3) is 0.861. The van der Waals surface area contributed by atoms with Gasteiger partial charge in [0.25, 0.3) is 0 Å². The Morgan fingerprint density at radius 1 is 1.02 bits per heavy atom. The largest absolute Gasteiger partial charge is 0.481 e. The van der Waals surface area contributed by atoms with Gasteiger partial charge in [-0.2, -0.15) is 0 Å². The van der Waals surface area contributed by atoms with Crippen LogP contribution >= 0.6 is 0 Å². The van der Waals surface area contributed by atoms with E-state index in [2.05, 4.69) is 59.0 Å². The van der Waals surface area contributed by atoms with Crippen molar-refractivity contribution in [1.82, 2.24) is 5.32 Å². The zero-order valence-electron chi connectivity index (χ0n) is 26.5. The van der Waals surface area contributed by atoms with Gasteiger partial charge in [0.05, 0.1) is 0 Å². The Morgan fingerprint density at radius 3 is 2.50 bits per heavy atom. The Bertz CT molecular complexity index is 1020. The summed E-state index contributed by atoms with van der Waals surface area (Å²) < 4.78 is 0. The third-order valence-corrected chi connectivity index (χ3v) is 14.1. The summed E-state index contributed by atoms with van der Waals surface area (Å²) in [5, 5.41) is 23.1. The van der Waals surface area contributed by atoms with E-state index in [4.69, 9.17) is 0 Å². The number of aliphatic hydroxyl groups is 1. The standard InChI is InChI=1S/C36H59NO3/c1-7-9-26(11-14-32(39)40)27-15-18-33(4)28(25(27)3)16-19-35(6)31(33)13-12-29-30-10-8-17-36(30,21-20-34(29,35)5)37-22-24(2)23-38/h9,15,24-25,28-31,37-38H,7-8,10-14,16-23H2,1-6H3,(H,39,40)/b26-9+/t24?,25?,28?,29?,30-,31?,33?,34-,35?,36?/m1/s1. The Labute approximate surface area is 244 Å². The van der Waals surface area contributed by atoms with Gasteiger partial charge in [0.2, 0.25) is 0 Å². The average molecular weight is 554 g/mol. The van der Waals surface area contributed by atoms with Crippen molar-refractivity contribution in [1.29, 1.82) is 0 Å². The number of carboxylic acids is 1. The van der Waals surface area contributed by atoms with Crippen LogP contribution < -0.4 is 5.32 Å². The second kappa shape index (κ2) is 11.2. The highest BCUT2D eigenvalue weighted by Gasteiger charge is 2.68. The average Bonchev–Trinajstić information content (AvgIpc) is 3.34. The molecule has 0 saturated heterocycles. The number of allylic oxidation sites excluding steroid dienone is 4. The first kappa shape index (κ1) is 30.3. The lowest BCUT2D eigenvalue weighted by Gasteiger charge is -2.71. The Balaban J connectivity index is 1.41. The summed E-state index contributed by atoms with van der Waals surface area (Å²) in [6.45, 7) is 16.1. The van der Waals surface area contributed by atoms with Crippen molar-refractivity contribution in [3.8, 4) is 0 Å². The van der Waals surface area contributed by atoms with Gasteiger partial charge in [0.1, 0.15) is 0 Å². The third-order valence-electron chi connectivity index (χ3n) is 14.1. The van der Waals surface area contributed by atoms with Gasteiger partial charge in [-0.1, -0.05) is 60.1 Å². The van der Waals surface area contributed by atoms with E-state index in [0.717, 1.165) is 37.1 Å². The number of fused-ring (bicyclic) bond motifs is 7. The van der Waals surface area contributed by atoms with E-state index in [0.29, 0.717) is 46.0 Å². The topological polar surface area (TPSA) is 69.6 Å². The number of aliphatic carboxylic acids is 1. The van der Waals surface area contributed by atoms with E-state index in [1.807, 2.05) is 0 Å². The second-order valence-corrected chi connectivity index (χ2v) is 15.7. The van der Waals surface area contributed by atoms with Crippen LogP contribution in [0.1, 0.15) is 125 Å². The van der Waals surface area contributed by atoms with Crippen molar-refractivity contribution in [2.75, 3.05) is 13.2 Å². The van der Waals surface area contributed by atoms with Crippen LogP contribution in [-0.4, -0.2) is 34.9 Å². The van der Waals surface area contributed by atoms with E-state index >= 15 is 0 Å². The molecule has 8 unspecified atom stereocenters. The molecule has 4 heteroatoms. The van der Waals surface area contributed by atoms with Crippen LogP contribution in [0.15, 0.2) is 23.3 Å². The van der Waals surface area contributed by atoms with Crippen molar-refractivity contribution < 1.29 is 15.0 Å². The maximum atomic E-state index is 11.4.